The lowest BCUT2D eigenvalue weighted by atomic mass is 10.1. The Morgan fingerprint density at radius 1 is 1.75 bits per heavy atom. The van der Waals surface area contributed by atoms with Crippen molar-refractivity contribution in [3.05, 3.63) is 11.6 Å². The highest BCUT2D eigenvalue weighted by Crippen LogP contribution is 2.17. The Morgan fingerprint density at radius 3 is 2.83 bits per heavy atom. The molecular weight excluding hydrogens is 178 g/mol. The third-order valence-electron chi connectivity index (χ3n) is 2.02. The van der Waals surface area contributed by atoms with Gasteiger partial charge in [-0.05, 0) is 13.0 Å². The predicted molar refractivity (Wildman–Crippen MR) is 47.2 cm³/mol. The molecule has 0 radical (unpaired) electrons. The molecule has 1 aliphatic heterocycles. The van der Waals surface area contributed by atoms with Gasteiger partial charge in [-0.1, -0.05) is 18.2 Å². The molecule has 0 amide bonds. The number of hydrogen-bond acceptors (Lipinski definition) is 2. The average molecular weight is 190 g/mol. The van der Waals surface area contributed by atoms with E-state index in [1.807, 2.05) is 4.90 Å². The van der Waals surface area contributed by atoms with Crippen LogP contribution in [-0.4, -0.2) is 35.6 Å². The lowest BCUT2D eigenvalue weighted by Gasteiger charge is -2.13. The maximum absolute atomic E-state index is 10.6. The molecule has 4 heteroatoms. The highest BCUT2D eigenvalue weighted by atomic mass is 35.5. The molecule has 3 nitrogen and oxygen atoms in total. The van der Waals surface area contributed by atoms with Gasteiger partial charge in [-0.15, -0.1) is 0 Å². The summed E-state index contributed by atoms with van der Waals surface area (Å²) in [7, 11) is 0. The van der Waals surface area contributed by atoms with Gasteiger partial charge in [-0.25, -0.2) is 0 Å². The Labute approximate surface area is 76.6 Å². The summed E-state index contributed by atoms with van der Waals surface area (Å²) in [5.74, 6) is -0.932. The first-order valence-corrected chi connectivity index (χ1v) is 4.26. The molecule has 0 saturated carbocycles. The van der Waals surface area contributed by atoms with Gasteiger partial charge in [0.25, 0.3) is 0 Å². The van der Waals surface area contributed by atoms with Crippen LogP contribution in [0.25, 0.3) is 0 Å². The molecular formula is C8H12ClNO2. The Kier molecular flexibility index (Phi) is 3.12. The van der Waals surface area contributed by atoms with E-state index in [1.54, 1.807) is 0 Å². The Morgan fingerprint density at radius 2 is 2.42 bits per heavy atom. The highest BCUT2D eigenvalue weighted by Gasteiger charge is 2.27. The van der Waals surface area contributed by atoms with Gasteiger partial charge in [0.1, 0.15) is 0 Å². The predicted octanol–water partition coefficient (Wildman–Crippen LogP) is 1.15. The van der Waals surface area contributed by atoms with Crippen LogP contribution < -0.4 is 0 Å². The maximum atomic E-state index is 10.6. The van der Waals surface area contributed by atoms with Crippen molar-refractivity contribution >= 4 is 17.6 Å². The first kappa shape index (κ1) is 9.55. The fourth-order valence-electron chi connectivity index (χ4n) is 1.42. The molecule has 0 spiro atoms. The van der Waals surface area contributed by atoms with Crippen LogP contribution >= 0.6 is 11.6 Å². The molecule has 1 rings (SSSR count). The van der Waals surface area contributed by atoms with Gasteiger partial charge in [0.15, 0.2) is 0 Å². The van der Waals surface area contributed by atoms with Crippen LogP contribution in [0, 0.1) is 5.92 Å². The van der Waals surface area contributed by atoms with Crippen molar-refractivity contribution in [2.75, 3.05) is 19.6 Å². The molecule has 1 N–H and O–H groups in total. The second-order valence-electron chi connectivity index (χ2n) is 3.08. The largest absolute Gasteiger partial charge is 0.481 e. The fourth-order valence-corrected chi connectivity index (χ4v) is 1.59. The second kappa shape index (κ2) is 3.92. The SMILES string of the molecule is C=C(Cl)CN1CCC(C(=O)O)C1. The molecule has 1 heterocycles. The standard InChI is InChI=1S/C8H12ClNO2/c1-6(9)4-10-3-2-7(5-10)8(11)12/h7H,1-5H2,(H,11,12). The molecule has 0 aromatic carbocycles. The minimum absolute atomic E-state index is 0.221. The van der Waals surface area contributed by atoms with E-state index in [0.29, 0.717) is 18.1 Å². The molecule has 1 fully saturated rings. The summed E-state index contributed by atoms with van der Waals surface area (Å²) in [6.45, 7) is 5.57. The normalized spacial score (nSPS) is 24.2. The third-order valence-corrected chi connectivity index (χ3v) is 2.14. The Hall–Kier alpha value is -0.540. The molecule has 0 bridgehead atoms. The lowest BCUT2D eigenvalue weighted by molar-refractivity contribution is -0.141. The number of nitrogens with zero attached hydrogens (tertiary/aromatic N) is 1. The number of aliphatic carboxylic acids is 1. The van der Waals surface area contributed by atoms with E-state index >= 15 is 0 Å². The summed E-state index contributed by atoms with van der Waals surface area (Å²) in [6.07, 6.45) is 0.722. The second-order valence-corrected chi connectivity index (χ2v) is 3.61. The maximum Gasteiger partial charge on any atom is 0.307 e. The molecule has 68 valence electrons. The smallest absolute Gasteiger partial charge is 0.307 e. The molecule has 1 saturated heterocycles. The molecule has 0 aliphatic carbocycles. The number of carboxylic acid groups (broad SMARTS) is 1. The van der Waals surface area contributed by atoms with Crippen molar-refractivity contribution in [2.24, 2.45) is 5.92 Å². The van der Waals surface area contributed by atoms with Crippen molar-refractivity contribution < 1.29 is 9.90 Å². The van der Waals surface area contributed by atoms with Crippen LogP contribution in [0.2, 0.25) is 0 Å². The molecule has 1 aliphatic rings. The van der Waals surface area contributed by atoms with Gasteiger partial charge < -0.3 is 5.11 Å². The van der Waals surface area contributed by atoms with Crippen molar-refractivity contribution in [1.29, 1.82) is 0 Å². The average Bonchev–Trinajstić information content (AvgIpc) is 2.34. The quantitative estimate of drug-likeness (QED) is 0.724. The minimum atomic E-state index is -0.710. The van der Waals surface area contributed by atoms with Crippen LogP contribution in [0.3, 0.4) is 0 Å². The molecule has 1 atom stereocenters. The number of likely N-dealkylation sites (tertiary alicyclic amines) is 1. The number of halogens is 1. The number of hydrogen-bond donors (Lipinski definition) is 1. The van der Waals surface area contributed by atoms with Gasteiger partial charge in [-0.3, -0.25) is 9.69 Å². The topological polar surface area (TPSA) is 40.5 Å². The summed E-state index contributed by atoms with van der Waals surface area (Å²) in [5.41, 5.74) is 0. The zero-order valence-electron chi connectivity index (χ0n) is 6.79. The third kappa shape index (κ3) is 2.50. The van der Waals surface area contributed by atoms with Gasteiger partial charge in [-0.2, -0.15) is 0 Å². The van der Waals surface area contributed by atoms with E-state index in [2.05, 4.69) is 6.58 Å². The highest BCUT2D eigenvalue weighted by molar-refractivity contribution is 6.29. The van der Waals surface area contributed by atoms with Crippen molar-refractivity contribution in [2.45, 2.75) is 6.42 Å². The number of carbonyl (C=O) groups is 1. The molecule has 0 aromatic heterocycles. The number of rotatable bonds is 3. The summed E-state index contributed by atoms with van der Waals surface area (Å²) < 4.78 is 0. The van der Waals surface area contributed by atoms with E-state index in [-0.39, 0.29) is 5.92 Å². The summed E-state index contributed by atoms with van der Waals surface area (Å²) >= 11 is 5.60. The van der Waals surface area contributed by atoms with E-state index in [9.17, 15) is 4.79 Å². The lowest BCUT2D eigenvalue weighted by Crippen LogP contribution is -2.24. The Bertz CT molecular complexity index is 205. The van der Waals surface area contributed by atoms with Crippen LogP contribution in [0.5, 0.6) is 0 Å². The van der Waals surface area contributed by atoms with Gasteiger partial charge in [0, 0.05) is 18.1 Å². The fraction of sp³-hybridized carbons (Fsp3) is 0.625. The first-order valence-electron chi connectivity index (χ1n) is 3.88. The summed E-state index contributed by atoms with van der Waals surface area (Å²) in [5, 5.41) is 9.25. The van der Waals surface area contributed by atoms with Gasteiger partial charge in [0.05, 0.1) is 5.92 Å². The zero-order chi connectivity index (χ0) is 9.14. The van der Waals surface area contributed by atoms with E-state index in [4.69, 9.17) is 16.7 Å². The van der Waals surface area contributed by atoms with E-state index in [0.717, 1.165) is 13.0 Å². The number of carboxylic acids is 1. The molecule has 1 unspecified atom stereocenters. The van der Waals surface area contributed by atoms with Crippen LogP contribution in [0.4, 0.5) is 0 Å². The van der Waals surface area contributed by atoms with E-state index < -0.39 is 5.97 Å². The van der Waals surface area contributed by atoms with Crippen LogP contribution in [0.15, 0.2) is 11.6 Å². The minimum Gasteiger partial charge on any atom is -0.481 e. The van der Waals surface area contributed by atoms with Crippen molar-refractivity contribution in [1.82, 2.24) is 4.90 Å². The molecule has 0 aromatic rings. The molecule has 12 heavy (non-hydrogen) atoms. The van der Waals surface area contributed by atoms with Crippen LogP contribution in [-0.2, 0) is 4.79 Å². The summed E-state index contributed by atoms with van der Waals surface area (Å²) in [6, 6.07) is 0. The van der Waals surface area contributed by atoms with Gasteiger partial charge >= 0.3 is 5.97 Å². The van der Waals surface area contributed by atoms with Crippen molar-refractivity contribution in [3.63, 3.8) is 0 Å². The van der Waals surface area contributed by atoms with Gasteiger partial charge in [0.2, 0.25) is 0 Å². The van der Waals surface area contributed by atoms with Crippen molar-refractivity contribution in [3.8, 4) is 0 Å². The first-order chi connectivity index (χ1) is 5.59. The Balaban J connectivity index is 2.35. The monoisotopic (exact) mass is 189 g/mol. The zero-order valence-corrected chi connectivity index (χ0v) is 7.55. The van der Waals surface area contributed by atoms with Crippen LogP contribution in [0.1, 0.15) is 6.42 Å². The summed E-state index contributed by atoms with van der Waals surface area (Å²) in [4.78, 5) is 12.6. The van der Waals surface area contributed by atoms with E-state index in [1.165, 1.54) is 0 Å².